The van der Waals surface area contributed by atoms with Crippen molar-refractivity contribution in [3.05, 3.63) is 52.3 Å². The van der Waals surface area contributed by atoms with Gasteiger partial charge in [0.2, 0.25) is 0 Å². The number of carbonyl (C=O) groups excluding carboxylic acids is 2. The molecule has 0 bridgehead atoms. The topological polar surface area (TPSA) is 87.3 Å². The van der Waals surface area contributed by atoms with Crippen molar-refractivity contribution < 1.29 is 18.7 Å². The van der Waals surface area contributed by atoms with Crippen molar-refractivity contribution in [1.29, 1.82) is 0 Å². The lowest BCUT2D eigenvalue weighted by Crippen LogP contribution is -2.46. The van der Waals surface area contributed by atoms with Gasteiger partial charge in [0, 0.05) is 42.2 Å². The quantitative estimate of drug-likeness (QED) is 0.603. The first-order chi connectivity index (χ1) is 13.0. The van der Waals surface area contributed by atoms with E-state index in [0.717, 1.165) is 5.69 Å². The fourth-order valence-corrected chi connectivity index (χ4v) is 3.32. The van der Waals surface area contributed by atoms with Gasteiger partial charge in [0.15, 0.2) is 0 Å². The highest BCUT2D eigenvalue weighted by atomic mass is 35.5. The fourth-order valence-electron chi connectivity index (χ4n) is 3.17. The van der Waals surface area contributed by atoms with E-state index in [1.54, 1.807) is 23.4 Å². The van der Waals surface area contributed by atoms with Gasteiger partial charge < -0.3 is 19.9 Å². The van der Waals surface area contributed by atoms with Crippen molar-refractivity contribution in [1.82, 2.24) is 20.2 Å². The van der Waals surface area contributed by atoms with Crippen LogP contribution in [0.2, 0.25) is 5.02 Å². The van der Waals surface area contributed by atoms with Crippen LogP contribution in [0.1, 0.15) is 35.8 Å². The molecule has 0 spiro atoms. The number of carbonyl (C=O) groups is 2. The SMILES string of the molecule is COC(=O)CCCNC(=O)N1CCc2[nH]cnc2[C@@H]1c1ccc(Cl)cc1F. The highest BCUT2D eigenvalue weighted by Crippen LogP contribution is 2.35. The lowest BCUT2D eigenvalue weighted by molar-refractivity contribution is -0.140. The monoisotopic (exact) mass is 394 g/mol. The average molecular weight is 395 g/mol. The van der Waals surface area contributed by atoms with Gasteiger partial charge in [0.25, 0.3) is 0 Å². The van der Waals surface area contributed by atoms with Crippen LogP contribution in [-0.2, 0) is 16.0 Å². The molecule has 27 heavy (non-hydrogen) atoms. The first-order valence-corrected chi connectivity index (χ1v) is 8.97. The van der Waals surface area contributed by atoms with Gasteiger partial charge in [-0.2, -0.15) is 0 Å². The predicted molar refractivity (Wildman–Crippen MR) is 96.9 cm³/mol. The minimum Gasteiger partial charge on any atom is -0.469 e. The molecule has 0 unspecified atom stereocenters. The molecule has 1 aromatic heterocycles. The minimum atomic E-state index is -0.655. The molecule has 0 fully saturated rings. The third kappa shape index (κ3) is 4.21. The predicted octanol–water partition coefficient (Wildman–Crippen LogP) is 2.81. The zero-order valence-electron chi connectivity index (χ0n) is 14.8. The smallest absolute Gasteiger partial charge is 0.318 e. The number of nitrogens with zero attached hydrogens (tertiary/aromatic N) is 2. The van der Waals surface area contributed by atoms with Gasteiger partial charge in [-0.1, -0.05) is 17.7 Å². The number of urea groups is 1. The summed E-state index contributed by atoms with van der Waals surface area (Å²) in [6, 6.07) is 3.40. The number of aromatic nitrogens is 2. The second-order valence-electron chi connectivity index (χ2n) is 6.19. The number of aromatic amines is 1. The molecule has 3 rings (SSSR count). The number of benzene rings is 1. The maximum atomic E-state index is 14.6. The van der Waals surface area contributed by atoms with Crippen LogP contribution in [0.25, 0.3) is 0 Å². The molecule has 0 saturated heterocycles. The Morgan fingerprint density at radius 2 is 2.30 bits per heavy atom. The molecule has 0 aliphatic carbocycles. The summed E-state index contributed by atoms with van der Waals surface area (Å²) in [5.74, 6) is -0.823. The molecule has 2 N–H and O–H groups in total. The molecule has 0 radical (unpaired) electrons. The van der Waals surface area contributed by atoms with E-state index in [1.807, 2.05) is 0 Å². The number of hydrogen-bond acceptors (Lipinski definition) is 4. The van der Waals surface area contributed by atoms with Crippen molar-refractivity contribution in [3.63, 3.8) is 0 Å². The number of nitrogens with one attached hydrogen (secondary N) is 2. The summed E-state index contributed by atoms with van der Waals surface area (Å²) in [5.41, 5.74) is 1.83. The van der Waals surface area contributed by atoms with Crippen molar-refractivity contribution in [2.75, 3.05) is 20.2 Å². The van der Waals surface area contributed by atoms with E-state index < -0.39 is 11.9 Å². The fraction of sp³-hybridized carbons (Fsp3) is 0.389. The van der Waals surface area contributed by atoms with Gasteiger partial charge in [-0.3, -0.25) is 4.79 Å². The van der Waals surface area contributed by atoms with E-state index in [4.69, 9.17) is 11.6 Å². The van der Waals surface area contributed by atoms with E-state index in [1.165, 1.54) is 13.2 Å². The Hall–Kier alpha value is -2.61. The van der Waals surface area contributed by atoms with Crippen LogP contribution in [0.5, 0.6) is 0 Å². The van der Waals surface area contributed by atoms with E-state index in [-0.39, 0.29) is 23.4 Å². The Morgan fingerprint density at radius 1 is 1.48 bits per heavy atom. The maximum Gasteiger partial charge on any atom is 0.318 e. The average Bonchev–Trinajstić information content (AvgIpc) is 3.13. The molecular weight excluding hydrogens is 375 g/mol. The number of H-pyrrole nitrogens is 1. The highest BCUT2D eigenvalue weighted by Gasteiger charge is 2.35. The summed E-state index contributed by atoms with van der Waals surface area (Å²) in [6.45, 7) is 0.721. The summed E-state index contributed by atoms with van der Waals surface area (Å²) < 4.78 is 19.1. The summed E-state index contributed by atoms with van der Waals surface area (Å²) in [6.07, 6.45) is 2.81. The van der Waals surface area contributed by atoms with Crippen molar-refractivity contribution in [3.8, 4) is 0 Å². The zero-order valence-corrected chi connectivity index (χ0v) is 15.6. The molecule has 9 heteroatoms. The number of imidazole rings is 1. The maximum absolute atomic E-state index is 14.6. The summed E-state index contributed by atoms with van der Waals surface area (Å²) in [7, 11) is 1.32. The van der Waals surface area contributed by atoms with Gasteiger partial charge in [0.05, 0.1) is 19.1 Å². The molecule has 2 heterocycles. The molecule has 1 aliphatic heterocycles. The Balaban J connectivity index is 1.79. The largest absolute Gasteiger partial charge is 0.469 e. The van der Waals surface area contributed by atoms with Crippen molar-refractivity contribution in [2.24, 2.45) is 0 Å². The van der Waals surface area contributed by atoms with Crippen LogP contribution in [0.4, 0.5) is 9.18 Å². The van der Waals surface area contributed by atoms with Crippen LogP contribution in [0.3, 0.4) is 0 Å². The molecule has 1 aromatic carbocycles. The van der Waals surface area contributed by atoms with Crippen molar-refractivity contribution in [2.45, 2.75) is 25.3 Å². The first kappa shape index (κ1) is 19.2. The van der Waals surface area contributed by atoms with E-state index in [9.17, 15) is 14.0 Å². The summed E-state index contributed by atoms with van der Waals surface area (Å²) >= 11 is 5.86. The highest BCUT2D eigenvalue weighted by molar-refractivity contribution is 6.30. The van der Waals surface area contributed by atoms with Gasteiger partial charge in [-0.25, -0.2) is 14.2 Å². The normalized spacial score (nSPS) is 16.0. The van der Waals surface area contributed by atoms with Crippen LogP contribution < -0.4 is 5.32 Å². The number of esters is 1. The minimum absolute atomic E-state index is 0.218. The molecule has 7 nitrogen and oxygen atoms in total. The van der Waals surface area contributed by atoms with Gasteiger partial charge >= 0.3 is 12.0 Å². The van der Waals surface area contributed by atoms with E-state index in [2.05, 4.69) is 20.0 Å². The lowest BCUT2D eigenvalue weighted by atomic mass is 9.95. The van der Waals surface area contributed by atoms with Crippen molar-refractivity contribution >= 4 is 23.6 Å². The number of methoxy groups -OCH3 is 1. The Labute approximate surface area is 160 Å². The number of fused-ring (bicyclic) bond motifs is 1. The second kappa shape index (κ2) is 8.39. The summed E-state index contributed by atoms with van der Waals surface area (Å²) in [5, 5.41) is 3.06. The Kier molecular flexibility index (Phi) is 5.95. The third-order valence-corrected chi connectivity index (χ3v) is 4.74. The van der Waals surface area contributed by atoms with Gasteiger partial charge in [0.1, 0.15) is 11.9 Å². The third-order valence-electron chi connectivity index (χ3n) is 4.50. The standard InChI is InChI=1S/C18H20ClFN4O3/c1-27-15(25)3-2-7-21-18(26)24-8-6-14-16(23-10-22-14)17(24)12-5-4-11(19)9-13(12)20/h4-5,9-10,17H,2-3,6-8H2,1H3,(H,21,26)(H,22,23)/t17-/m0/s1. The Morgan fingerprint density at radius 3 is 3.04 bits per heavy atom. The first-order valence-electron chi connectivity index (χ1n) is 8.59. The number of halogens is 2. The molecule has 144 valence electrons. The number of hydrogen-bond donors (Lipinski definition) is 2. The van der Waals surface area contributed by atoms with Gasteiger partial charge in [-0.15, -0.1) is 0 Å². The molecule has 1 atom stereocenters. The number of amides is 2. The van der Waals surface area contributed by atoms with Crippen LogP contribution in [0, 0.1) is 5.82 Å². The molecule has 2 aromatic rings. The van der Waals surface area contributed by atoms with Crippen LogP contribution in [-0.4, -0.2) is 47.1 Å². The summed E-state index contributed by atoms with van der Waals surface area (Å²) in [4.78, 5) is 32.8. The number of rotatable bonds is 5. The van der Waals surface area contributed by atoms with E-state index >= 15 is 0 Å². The van der Waals surface area contributed by atoms with E-state index in [0.29, 0.717) is 37.2 Å². The van der Waals surface area contributed by atoms with Crippen LogP contribution in [0.15, 0.2) is 24.5 Å². The van der Waals surface area contributed by atoms with Gasteiger partial charge in [-0.05, 0) is 18.6 Å². The molecule has 0 saturated carbocycles. The molecule has 1 aliphatic rings. The molecular formula is C18H20ClFN4O3. The number of ether oxygens (including phenoxy) is 1. The van der Waals surface area contributed by atoms with Crippen LogP contribution >= 0.6 is 11.6 Å². The second-order valence-corrected chi connectivity index (χ2v) is 6.63. The Bertz CT molecular complexity index is 842. The zero-order chi connectivity index (χ0) is 19.4. The lowest BCUT2D eigenvalue weighted by Gasteiger charge is -2.35. The molecule has 2 amide bonds.